The summed E-state index contributed by atoms with van der Waals surface area (Å²) < 4.78 is 26.6. The molecule has 0 saturated carbocycles. The van der Waals surface area contributed by atoms with E-state index in [4.69, 9.17) is 0 Å². The number of halogens is 2. The summed E-state index contributed by atoms with van der Waals surface area (Å²) in [6.07, 6.45) is 0.954. The van der Waals surface area contributed by atoms with Gasteiger partial charge in [0.1, 0.15) is 17.4 Å². The summed E-state index contributed by atoms with van der Waals surface area (Å²) in [7, 11) is 0. The molecule has 1 aromatic heterocycles. The van der Waals surface area contributed by atoms with Crippen LogP contribution in [0.4, 0.5) is 8.78 Å². The van der Waals surface area contributed by atoms with E-state index in [9.17, 15) is 13.6 Å². The highest BCUT2D eigenvalue weighted by Gasteiger charge is 2.10. The van der Waals surface area contributed by atoms with Crippen LogP contribution in [-0.4, -0.2) is 10.8 Å². The lowest BCUT2D eigenvalue weighted by atomic mass is 10.1. The van der Waals surface area contributed by atoms with E-state index < -0.39 is 11.6 Å². The standard InChI is InChI=1S/C13H11F2NOS/c1-8(17)2-5-13-16-12(7-18-13)10-6-9(14)3-4-11(10)15/h3-4,6-7H,2,5H2,1H3. The molecule has 0 spiro atoms. The zero-order valence-electron chi connectivity index (χ0n) is 9.74. The quantitative estimate of drug-likeness (QED) is 0.847. The molecule has 0 saturated heterocycles. The van der Waals surface area contributed by atoms with Gasteiger partial charge in [-0.3, -0.25) is 0 Å². The maximum absolute atomic E-state index is 13.5. The van der Waals surface area contributed by atoms with E-state index in [0.29, 0.717) is 18.5 Å². The number of aromatic nitrogens is 1. The SMILES string of the molecule is CC(=O)CCc1nc(-c2cc(F)ccc2F)cs1. The second-order valence-corrected chi connectivity index (χ2v) is 4.90. The molecule has 0 aliphatic rings. The zero-order valence-corrected chi connectivity index (χ0v) is 10.6. The van der Waals surface area contributed by atoms with Crippen molar-refractivity contribution in [3.63, 3.8) is 0 Å². The second-order valence-electron chi connectivity index (χ2n) is 3.95. The van der Waals surface area contributed by atoms with Gasteiger partial charge < -0.3 is 4.79 Å². The molecule has 2 nitrogen and oxygen atoms in total. The van der Waals surface area contributed by atoms with Crippen LogP contribution in [0.5, 0.6) is 0 Å². The summed E-state index contributed by atoms with van der Waals surface area (Å²) in [6, 6.07) is 3.28. The molecule has 0 amide bonds. The number of ketones is 1. The minimum Gasteiger partial charge on any atom is -0.300 e. The molecular formula is C13H11F2NOS. The van der Waals surface area contributed by atoms with E-state index in [-0.39, 0.29) is 11.3 Å². The van der Waals surface area contributed by atoms with Gasteiger partial charge in [-0.25, -0.2) is 13.8 Å². The first-order valence-electron chi connectivity index (χ1n) is 5.45. The number of Topliss-reactive ketones (excluding diaryl/α,β-unsaturated/α-hetero) is 1. The summed E-state index contributed by atoms with van der Waals surface area (Å²) in [6.45, 7) is 1.51. The number of rotatable bonds is 4. The maximum atomic E-state index is 13.5. The highest BCUT2D eigenvalue weighted by molar-refractivity contribution is 7.09. The average Bonchev–Trinajstić information content (AvgIpc) is 2.78. The fourth-order valence-electron chi connectivity index (χ4n) is 1.53. The number of thiazole rings is 1. The topological polar surface area (TPSA) is 30.0 Å². The molecule has 0 aliphatic carbocycles. The second kappa shape index (κ2) is 5.35. The van der Waals surface area contributed by atoms with Gasteiger partial charge in [-0.1, -0.05) is 0 Å². The van der Waals surface area contributed by atoms with Crippen LogP contribution in [0.1, 0.15) is 18.4 Å². The van der Waals surface area contributed by atoms with E-state index in [1.165, 1.54) is 18.3 Å². The molecule has 0 unspecified atom stereocenters. The van der Waals surface area contributed by atoms with Crippen LogP contribution < -0.4 is 0 Å². The highest BCUT2D eigenvalue weighted by Crippen LogP contribution is 2.25. The van der Waals surface area contributed by atoms with Crippen molar-refractivity contribution in [1.29, 1.82) is 0 Å². The largest absolute Gasteiger partial charge is 0.300 e. The third-order valence-corrected chi connectivity index (χ3v) is 3.36. The Kier molecular flexibility index (Phi) is 3.81. The van der Waals surface area contributed by atoms with Gasteiger partial charge in [0.2, 0.25) is 0 Å². The molecule has 2 rings (SSSR count). The summed E-state index contributed by atoms with van der Waals surface area (Å²) in [5, 5.41) is 2.43. The Morgan fingerprint density at radius 3 is 2.89 bits per heavy atom. The van der Waals surface area contributed by atoms with Crippen molar-refractivity contribution >= 4 is 17.1 Å². The predicted molar refractivity (Wildman–Crippen MR) is 66.5 cm³/mol. The minimum absolute atomic E-state index is 0.0867. The Labute approximate surface area is 107 Å². The molecule has 18 heavy (non-hydrogen) atoms. The van der Waals surface area contributed by atoms with E-state index in [1.807, 2.05) is 0 Å². The Morgan fingerprint density at radius 1 is 1.39 bits per heavy atom. The van der Waals surface area contributed by atoms with Gasteiger partial charge in [-0.05, 0) is 25.1 Å². The maximum Gasteiger partial charge on any atom is 0.132 e. The van der Waals surface area contributed by atoms with Crippen LogP contribution in [0.25, 0.3) is 11.3 Å². The fourth-order valence-corrected chi connectivity index (χ4v) is 2.32. The molecule has 0 aliphatic heterocycles. The van der Waals surface area contributed by atoms with E-state index in [0.717, 1.165) is 23.2 Å². The third-order valence-electron chi connectivity index (χ3n) is 2.45. The van der Waals surface area contributed by atoms with Crippen molar-refractivity contribution in [2.75, 3.05) is 0 Å². The zero-order chi connectivity index (χ0) is 13.1. The Bertz CT molecular complexity index is 580. The Hall–Kier alpha value is -1.62. The van der Waals surface area contributed by atoms with Gasteiger partial charge >= 0.3 is 0 Å². The van der Waals surface area contributed by atoms with Gasteiger partial charge in [0.05, 0.1) is 10.7 Å². The molecule has 2 aromatic rings. The Balaban J connectivity index is 2.23. The first-order valence-corrected chi connectivity index (χ1v) is 6.33. The molecule has 1 heterocycles. The molecular weight excluding hydrogens is 256 g/mol. The summed E-state index contributed by atoms with van der Waals surface area (Å²) in [5.41, 5.74) is 0.566. The molecule has 0 N–H and O–H groups in total. The summed E-state index contributed by atoms with van der Waals surface area (Å²) >= 11 is 1.35. The van der Waals surface area contributed by atoms with Crippen LogP contribution in [-0.2, 0) is 11.2 Å². The number of hydrogen-bond acceptors (Lipinski definition) is 3. The Morgan fingerprint density at radius 2 is 2.17 bits per heavy atom. The number of nitrogens with zero attached hydrogens (tertiary/aromatic N) is 1. The van der Waals surface area contributed by atoms with Crippen LogP contribution in [0.3, 0.4) is 0 Å². The van der Waals surface area contributed by atoms with Gasteiger partial charge in [0.15, 0.2) is 0 Å². The van der Waals surface area contributed by atoms with Crippen molar-refractivity contribution < 1.29 is 13.6 Å². The van der Waals surface area contributed by atoms with Gasteiger partial charge in [-0.15, -0.1) is 11.3 Å². The van der Waals surface area contributed by atoms with E-state index in [2.05, 4.69) is 4.98 Å². The number of aryl methyl sites for hydroxylation is 1. The normalized spacial score (nSPS) is 10.6. The van der Waals surface area contributed by atoms with Crippen LogP contribution >= 0.6 is 11.3 Å². The van der Waals surface area contributed by atoms with Crippen molar-refractivity contribution in [2.45, 2.75) is 19.8 Å². The van der Waals surface area contributed by atoms with Gasteiger partial charge in [0.25, 0.3) is 0 Å². The molecule has 5 heteroatoms. The van der Waals surface area contributed by atoms with Crippen molar-refractivity contribution in [2.24, 2.45) is 0 Å². The van der Waals surface area contributed by atoms with Crippen molar-refractivity contribution in [1.82, 2.24) is 4.98 Å². The van der Waals surface area contributed by atoms with E-state index in [1.54, 1.807) is 5.38 Å². The summed E-state index contributed by atoms with van der Waals surface area (Å²) in [5.74, 6) is -0.909. The minimum atomic E-state index is -0.500. The smallest absolute Gasteiger partial charge is 0.132 e. The molecule has 0 radical (unpaired) electrons. The van der Waals surface area contributed by atoms with Crippen LogP contribution in [0.2, 0.25) is 0 Å². The molecule has 0 atom stereocenters. The van der Waals surface area contributed by atoms with Gasteiger partial charge in [0, 0.05) is 23.8 Å². The number of carbonyl (C=O) groups is 1. The molecule has 0 fully saturated rings. The lowest BCUT2D eigenvalue weighted by molar-refractivity contribution is -0.116. The lowest BCUT2D eigenvalue weighted by Crippen LogP contribution is -1.93. The average molecular weight is 267 g/mol. The van der Waals surface area contributed by atoms with Crippen LogP contribution in [0, 0.1) is 11.6 Å². The van der Waals surface area contributed by atoms with Crippen molar-refractivity contribution in [3.8, 4) is 11.3 Å². The van der Waals surface area contributed by atoms with Crippen LogP contribution in [0.15, 0.2) is 23.6 Å². The van der Waals surface area contributed by atoms with Crippen molar-refractivity contribution in [3.05, 3.63) is 40.2 Å². The number of hydrogen-bond donors (Lipinski definition) is 0. The predicted octanol–water partition coefficient (Wildman–Crippen LogP) is 3.61. The fraction of sp³-hybridized carbons (Fsp3) is 0.231. The molecule has 94 valence electrons. The van der Waals surface area contributed by atoms with Gasteiger partial charge in [-0.2, -0.15) is 0 Å². The monoisotopic (exact) mass is 267 g/mol. The third kappa shape index (κ3) is 2.98. The molecule has 0 bridgehead atoms. The van der Waals surface area contributed by atoms with E-state index >= 15 is 0 Å². The first-order chi connectivity index (χ1) is 8.56. The number of benzene rings is 1. The first kappa shape index (κ1) is 12.8. The highest BCUT2D eigenvalue weighted by atomic mass is 32.1. The lowest BCUT2D eigenvalue weighted by Gasteiger charge is -1.99. The summed E-state index contributed by atoms with van der Waals surface area (Å²) in [4.78, 5) is 15.1. The molecule has 1 aromatic carbocycles. The number of carbonyl (C=O) groups excluding carboxylic acids is 1.